The topological polar surface area (TPSA) is 150 Å². The third-order valence-corrected chi connectivity index (χ3v) is 8.53. The summed E-state index contributed by atoms with van der Waals surface area (Å²) in [6, 6.07) is 16.7. The van der Waals surface area contributed by atoms with E-state index in [-0.39, 0.29) is 37.8 Å². The Morgan fingerprint density at radius 3 is 2.23 bits per heavy atom. The Labute approximate surface area is 281 Å². The lowest BCUT2D eigenvalue weighted by atomic mass is 9.87. The van der Waals surface area contributed by atoms with Gasteiger partial charge in [0, 0.05) is 25.4 Å². The number of rotatable bonds is 25. The number of nitrogens with one attached hydrogen (secondary N) is 1. The number of carboxylic acids is 1. The van der Waals surface area contributed by atoms with Crippen molar-refractivity contribution in [1.82, 2.24) is 5.32 Å². The zero-order chi connectivity index (χ0) is 34.5. The Hall–Kier alpha value is -3.01. The third-order valence-electron chi connectivity index (χ3n) is 8.53. The highest BCUT2D eigenvalue weighted by Gasteiger charge is 2.26. The molecule has 2 aromatic rings. The number of aliphatic carboxylic acids is 1. The van der Waals surface area contributed by atoms with E-state index in [2.05, 4.69) is 24.4 Å². The maximum Gasteiger partial charge on any atom is 0.303 e. The molecule has 0 aliphatic heterocycles. The van der Waals surface area contributed by atoms with Gasteiger partial charge in [0.05, 0.1) is 24.4 Å². The number of unbranched alkanes of at least 4 members (excludes halogenated alkanes) is 5. The Bertz CT molecular complexity index is 1190. The van der Waals surface area contributed by atoms with Crippen molar-refractivity contribution < 1.29 is 35.4 Å². The van der Waals surface area contributed by atoms with E-state index in [4.69, 9.17) is 5.11 Å². The van der Waals surface area contributed by atoms with Crippen LogP contribution in [0.25, 0.3) is 0 Å². The molecule has 0 spiro atoms. The molecule has 262 valence electrons. The largest absolute Gasteiger partial charge is 0.508 e. The molecule has 0 aromatic heterocycles. The second kappa shape index (κ2) is 22.5. The number of phenolic OH excluding ortho intramolecular Hbond substituents is 1. The molecule has 0 heterocycles. The predicted molar refractivity (Wildman–Crippen MR) is 188 cm³/mol. The van der Waals surface area contributed by atoms with E-state index in [9.17, 15) is 30.3 Å². The molecular formula is C39H59NO7. The van der Waals surface area contributed by atoms with Crippen molar-refractivity contribution >= 4 is 5.97 Å². The van der Waals surface area contributed by atoms with Crippen molar-refractivity contribution in [2.75, 3.05) is 13.2 Å². The molecule has 8 heteroatoms. The number of phenols is 1. The number of hydrogen-bond donors (Lipinski definition) is 7. The minimum absolute atomic E-state index is 0.144. The molecule has 0 aliphatic carbocycles. The maximum atomic E-state index is 11.4. The van der Waals surface area contributed by atoms with Gasteiger partial charge in [-0.2, -0.15) is 0 Å². The first-order valence-corrected chi connectivity index (χ1v) is 17.4. The van der Waals surface area contributed by atoms with Crippen LogP contribution in [0.3, 0.4) is 0 Å². The standard InChI is InChI=1S/C39H59NO7/c1-3-4-8-15-33(42)25-22-32(21-18-30-13-9-7-10-14-30)36(26-35(44)28-41)37(16-11-5-6-12-17-38(45)46)40-29-39(2,47)27-31-19-23-34(43)24-20-31/h7,9-10,13-14,19-20,22-25,33,35,37,40-44,47H,3-6,8,11-12,15-18,21,26-29H2,1-2H3,(H,45,46)/t33-,35-,37-,39-/m0/s1. The molecule has 47 heavy (non-hydrogen) atoms. The molecule has 0 saturated carbocycles. The molecule has 0 aliphatic rings. The number of aliphatic hydroxyl groups is 4. The van der Waals surface area contributed by atoms with E-state index in [1.54, 1.807) is 31.2 Å². The van der Waals surface area contributed by atoms with Crippen LogP contribution in [-0.2, 0) is 17.6 Å². The fourth-order valence-corrected chi connectivity index (χ4v) is 5.85. The van der Waals surface area contributed by atoms with Crippen LogP contribution in [0.5, 0.6) is 5.75 Å². The van der Waals surface area contributed by atoms with Gasteiger partial charge >= 0.3 is 5.97 Å². The molecule has 0 bridgehead atoms. The van der Waals surface area contributed by atoms with Gasteiger partial charge in [-0.05, 0) is 79.9 Å². The lowest BCUT2D eigenvalue weighted by Gasteiger charge is -2.31. The smallest absolute Gasteiger partial charge is 0.303 e. The number of allylic oxidation sites excluding steroid dienone is 2. The normalized spacial score (nSPS) is 15.6. The van der Waals surface area contributed by atoms with Crippen LogP contribution in [0.15, 0.2) is 77.9 Å². The van der Waals surface area contributed by atoms with Crippen LogP contribution in [0, 0.1) is 0 Å². The molecule has 8 nitrogen and oxygen atoms in total. The summed E-state index contributed by atoms with van der Waals surface area (Å²) in [5.74, 6) is -0.630. The van der Waals surface area contributed by atoms with E-state index < -0.39 is 23.8 Å². The van der Waals surface area contributed by atoms with Gasteiger partial charge < -0.3 is 36.0 Å². The summed E-state index contributed by atoms with van der Waals surface area (Å²) in [5.41, 5.74) is 2.86. The summed E-state index contributed by atoms with van der Waals surface area (Å²) in [5, 5.41) is 65.2. The van der Waals surface area contributed by atoms with Crippen LogP contribution in [0.1, 0.15) is 102 Å². The summed E-state index contributed by atoms with van der Waals surface area (Å²) >= 11 is 0. The van der Waals surface area contributed by atoms with Crippen LogP contribution in [0.4, 0.5) is 0 Å². The fourth-order valence-electron chi connectivity index (χ4n) is 5.85. The minimum atomic E-state index is -1.12. The number of benzene rings is 2. The highest BCUT2D eigenvalue weighted by molar-refractivity contribution is 5.66. The molecule has 0 radical (unpaired) electrons. The zero-order valence-electron chi connectivity index (χ0n) is 28.5. The fraction of sp³-hybridized carbons (Fsp3) is 0.564. The molecule has 0 unspecified atom stereocenters. The molecule has 0 fully saturated rings. The summed E-state index contributed by atoms with van der Waals surface area (Å²) in [6.07, 6.45) is 11.9. The first kappa shape index (κ1) is 40.2. The molecule has 2 rings (SSSR count). The average molecular weight is 654 g/mol. The number of carboxylic acid groups (broad SMARTS) is 1. The maximum absolute atomic E-state index is 11.4. The van der Waals surface area contributed by atoms with E-state index in [0.717, 1.165) is 61.7 Å². The van der Waals surface area contributed by atoms with E-state index in [1.807, 2.05) is 30.4 Å². The third kappa shape index (κ3) is 17.6. The quantitative estimate of drug-likeness (QED) is 0.0492. The van der Waals surface area contributed by atoms with E-state index in [1.165, 1.54) is 5.56 Å². The molecule has 7 N–H and O–H groups in total. The van der Waals surface area contributed by atoms with Gasteiger partial charge in [0.2, 0.25) is 0 Å². The summed E-state index contributed by atoms with van der Waals surface area (Å²) in [7, 11) is 0. The van der Waals surface area contributed by atoms with Crippen molar-refractivity contribution in [2.45, 2.75) is 128 Å². The highest BCUT2D eigenvalue weighted by Crippen LogP contribution is 2.27. The Morgan fingerprint density at radius 1 is 0.894 bits per heavy atom. The number of aryl methyl sites for hydroxylation is 1. The van der Waals surface area contributed by atoms with E-state index in [0.29, 0.717) is 32.1 Å². The molecular weight excluding hydrogens is 594 g/mol. The first-order chi connectivity index (χ1) is 22.5. The Balaban J connectivity index is 2.43. The number of aromatic hydroxyl groups is 1. The molecule has 4 atom stereocenters. The van der Waals surface area contributed by atoms with Gasteiger partial charge in [0.1, 0.15) is 5.75 Å². The molecule has 0 amide bonds. The van der Waals surface area contributed by atoms with Gasteiger partial charge in [0.25, 0.3) is 0 Å². The zero-order valence-corrected chi connectivity index (χ0v) is 28.5. The van der Waals surface area contributed by atoms with Crippen molar-refractivity contribution in [3.05, 3.63) is 89.0 Å². The predicted octanol–water partition coefficient (Wildman–Crippen LogP) is 6.24. The highest BCUT2D eigenvalue weighted by atomic mass is 16.4. The van der Waals surface area contributed by atoms with Crippen molar-refractivity contribution in [1.29, 1.82) is 0 Å². The number of aliphatic hydroxyl groups excluding tert-OH is 3. The van der Waals surface area contributed by atoms with Gasteiger partial charge in [-0.1, -0.05) is 100 Å². The summed E-state index contributed by atoms with van der Waals surface area (Å²) < 4.78 is 0. The lowest BCUT2D eigenvalue weighted by Crippen LogP contribution is -2.45. The van der Waals surface area contributed by atoms with Crippen molar-refractivity contribution in [3.8, 4) is 5.75 Å². The lowest BCUT2D eigenvalue weighted by molar-refractivity contribution is -0.137. The second-order valence-corrected chi connectivity index (χ2v) is 13.1. The van der Waals surface area contributed by atoms with Gasteiger partial charge in [-0.25, -0.2) is 0 Å². The van der Waals surface area contributed by atoms with Crippen molar-refractivity contribution in [2.24, 2.45) is 0 Å². The second-order valence-electron chi connectivity index (χ2n) is 13.1. The molecule has 0 saturated heterocycles. The average Bonchev–Trinajstić information content (AvgIpc) is 3.04. The molecule has 2 aromatic carbocycles. The monoisotopic (exact) mass is 653 g/mol. The van der Waals surface area contributed by atoms with Crippen LogP contribution >= 0.6 is 0 Å². The van der Waals surface area contributed by atoms with Crippen LogP contribution < -0.4 is 5.32 Å². The Morgan fingerprint density at radius 2 is 1.57 bits per heavy atom. The Kier molecular flexibility index (Phi) is 19.3. The number of carbonyl (C=O) groups is 1. The van der Waals surface area contributed by atoms with Gasteiger partial charge in [-0.15, -0.1) is 0 Å². The minimum Gasteiger partial charge on any atom is -0.508 e. The van der Waals surface area contributed by atoms with Crippen LogP contribution in [-0.4, -0.2) is 73.6 Å². The summed E-state index contributed by atoms with van der Waals surface area (Å²) in [4.78, 5) is 11.0. The SMILES string of the molecule is CCCCC[C@H](O)C=CC(CCc1ccccc1)=C(C[C@H](O)CO)[C@H](CCCCCCC(=O)O)NC[C@@](C)(O)Cc1ccc(O)cc1. The van der Waals surface area contributed by atoms with Crippen molar-refractivity contribution in [3.63, 3.8) is 0 Å². The summed E-state index contributed by atoms with van der Waals surface area (Å²) in [6.45, 7) is 3.77. The van der Waals surface area contributed by atoms with Gasteiger partial charge in [-0.3, -0.25) is 4.79 Å². The van der Waals surface area contributed by atoms with Gasteiger partial charge in [0.15, 0.2) is 0 Å². The first-order valence-electron chi connectivity index (χ1n) is 17.4. The van der Waals surface area contributed by atoms with Crippen LogP contribution in [0.2, 0.25) is 0 Å². The van der Waals surface area contributed by atoms with E-state index >= 15 is 0 Å². The number of hydrogen-bond acceptors (Lipinski definition) is 7.